The van der Waals surface area contributed by atoms with Crippen LogP contribution in [0.5, 0.6) is 0 Å². The molecule has 0 aromatic rings. The highest BCUT2D eigenvalue weighted by atomic mass is 15.2. The third-order valence-corrected chi connectivity index (χ3v) is 4.89. The molecule has 2 N–H and O–H groups in total. The van der Waals surface area contributed by atoms with Gasteiger partial charge < -0.3 is 5.73 Å². The zero-order valence-electron chi connectivity index (χ0n) is 12.4. The van der Waals surface area contributed by atoms with E-state index in [2.05, 4.69) is 18.7 Å². The average Bonchev–Trinajstić information content (AvgIpc) is 3.01. The summed E-state index contributed by atoms with van der Waals surface area (Å²) < 4.78 is 0. The van der Waals surface area contributed by atoms with Gasteiger partial charge in [0.2, 0.25) is 0 Å². The number of nitrogens with zero attached hydrogens (tertiary/aromatic N) is 1. The van der Waals surface area contributed by atoms with Gasteiger partial charge in [0, 0.05) is 25.2 Å². The standard InChI is InChI=1S/C16H32N2/c1-13(2)11-18(15-9-5-6-10-15)12-16(17)14-7-3-4-8-14/h13-16H,3-12,17H2,1-2H3. The van der Waals surface area contributed by atoms with Crippen molar-refractivity contribution in [3.8, 4) is 0 Å². The first kappa shape index (κ1) is 14.3. The topological polar surface area (TPSA) is 29.3 Å². The second kappa shape index (κ2) is 6.91. The molecule has 2 nitrogen and oxygen atoms in total. The molecule has 0 amide bonds. The Morgan fingerprint density at radius 1 is 0.944 bits per heavy atom. The summed E-state index contributed by atoms with van der Waals surface area (Å²) >= 11 is 0. The summed E-state index contributed by atoms with van der Waals surface area (Å²) in [6.07, 6.45) is 11.2. The van der Waals surface area contributed by atoms with Crippen LogP contribution in [0.4, 0.5) is 0 Å². The molecule has 2 rings (SSSR count). The second-order valence-electron chi connectivity index (χ2n) is 6.99. The fourth-order valence-corrected chi connectivity index (χ4v) is 3.92. The highest BCUT2D eigenvalue weighted by molar-refractivity contribution is 4.85. The fourth-order valence-electron chi connectivity index (χ4n) is 3.92. The Kier molecular flexibility index (Phi) is 5.50. The molecule has 0 saturated heterocycles. The van der Waals surface area contributed by atoms with Crippen molar-refractivity contribution in [1.82, 2.24) is 4.90 Å². The van der Waals surface area contributed by atoms with Gasteiger partial charge in [-0.15, -0.1) is 0 Å². The van der Waals surface area contributed by atoms with E-state index < -0.39 is 0 Å². The van der Waals surface area contributed by atoms with Crippen molar-refractivity contribution < 1.29 is 0 Å². The number of nitrogens with two attached hydrogens (primary N) is 1. The third kappa shape index (κ3) is 3.96. The first-order chi connectivity index (χ1) is 8.66. The van der Waals surface area contributed by atoms with E-state index in [1.807, 2.05) is 0 Å². The highest BCUT2D eigenvalue weighted by Crippen LogP contribution is 2.29. The van der Waals surface area contributed by atoms with E-state index in [1.54, 1.807) is 0 Å². The Labute approximate surface area is 113 Å². The van der Waals surface area contributed by atoms with Crippen molar-refractivity contribution in [2.75, 3.05) is 13.1 Å². The molecule has 2 aliphatic rings. The maximum absolute atomic E-state index is 6.48. The van der Waals surface area contributed by atoms with Crippen LogP contribution in [0.25, 0.3) is 0 Å². The minimum atomic E-state index is 0.423. The van der Waals surface area contributed by atoms with Gasteiger partial charge in [-0.25, -0.2) is 0 Å². The summed E-state index contributed by atoms with van der Waals surface area (Å²) in [5.74, 6) is 1.57. The van der Waals surface area contributed by atoms with Gasteiger partial charge in [-0.05, 0) is 37.5 Å². The van der Waals surface area contributed by atoms with Gasteiger partial charge >= 0.3 is 0 Å². The quantitative estimate of drug-likeness (QED) is 0.785. The fraction of sp³-hybridized carbons (Fsp3) is 1.00. The monoisotopic (exact) mass is 252 g/mol. The zero-order valence-corrected chi connectivity index (χ0v) is 12.4. The highest BCUT2D eigenvalue weighted by Gasteiger charge is 2.28. The van der Waals surface area contributed by atoms with Crippen molar-refractivity contribution in [3.05, 3.63) is 0 Å². The molecule has 0 aromatic carbocycles. The summed E-state index contributed by atoms with van der Waals surface area (Å²) in [6, 6.07) is 1.26. The molecule has 106 valence electrons. The van der Waals surface area contributed by atoms with Crippen molar-refractivity contribution in [2.24, 2.45) is 17.6 Å². The molecule has 0 heterocycles. The van der Waals surface area contributed by atoms with Crippen LogP contribution in [0, 0.1) is 11.8 Å². The van der Waals surface area contributed by atoms with E-state index in [0.29, 0.717) is 6.04 Å². The Hall–Kier alpha value is -0.0800. The molecule has 2 aliphatic carbocycles. The minimum Gasteiger partial charge on any atom is -0.326 e. The number of rotatable bonds is 6. The molecule has 0 spiro atoms. The van der Waals surface area contributed by atoms with Crippen LogP contribution in [-0.4, -0.2) is 30.1 Å². The summed E-state index contributed by atoms with van der Waals surface area (Å²) in [5.41, 5.74) is 6.48. The lowest BCUT2D eigenvalue weighted by Crippen LogP contribution is -2.46. The number of hydrogen-bond donors (Lipinski definition) is 1. The largest absolute Gasteiger partial charge is 0.326 e. The average molecular weight is 252 g/mol. The van der Waals surface area contributed by atoms with Crippen LogP contribution in [-0.2, 0) is 0 Å². The maximum Gasteiger partial charge on any atom is 0.0196 e. The molecule has 0 radical (unpaired) electrons. The zero-order chi connectivity index (χ0) is 13.0. The molecular weight excluding hydrogens is 220 g/mol. The molecule has 0 aromatic heterocycles. The predicted molar refractivity (Wildman–Crippen MR) is 78.6 cm³/mol. The number of hydrogen-bond acceptors (Lipinski definition) is 2. The maximum atomic E-state index is 6.48. The third-order valence-electron chi connectivity index (χ3n) is 4.89. The van der Waals surface area contributed by atoms with Gasteiger partial charge in [-0.3, -0.25) is 4.90 Å². The smallest absolute Gasteiger partial charge is 0.0196 e. The molecule has 1 atom stereocenters. The summed E-state index contributed by atoms with van der Waals surface area (Å²) in [6.45, 7) is 7.06. The molecular formula is C16H32N2. The van der Waals surface area contributed by atoms with Crippen LogP contribution in [0.15, 0.2) is 0 Å². The van der Waals surface area contributed by atoms with Crippen LogP contribution in [0.3, 0.4) is 0 Å². The first-order valence-electron chi connectivity index (χ1n) is 8.16. The van der Waals surface area contributed by atoms with Crippen molar-refractivity contribution in [2.45, 2.75) is 77.3 Å². The van der Waals surface area contributed by atoms with Gasteiger partial charge in [0.1, 0.15) is 0 Å². The lowest BCUT2D eigenvalue weighted by Gasteiger charge is -2.34. The normalized spacial score (nSPS) is 24.5. The molecule has 18 heavy (non-hydrogen) atoms. The van der Waals surface area contributed by atoms with Crippen LogP contribution >= 0.6 is 0 Å². The van der Waals surface area contributed by atoms with Gasteiger partial charge in [0.15, 0.2) is 0 Å². The van der Waals surface area contributed by atoms with E-state index in [4.69, 9.17) is 5.73 Å². The molecule has 0 aliphatic heterocycles. The first-order valence-corrected chi connectivity index (χ1v) is 8.16. The molecule has 2 fully saturated rings. The van der Waals surface area contributed by atoms with Gasteiger partial charge in [0.05, 0.1) is 0 Å². The van der Waals surface area contributed by atoms with Crippen LogP contribution < -0.4 is 5.73 Å². The van der Waals surface area contributed by atoms with Gasteiger partial charge in [-0.1, -0.05) is 39.5 Å². The Morgan fingerprint density at radius 2 is 1.50 bits per heavy atom. The van der Waals surface area contributed by atoms with E-state index in [9.17, 15) is 0 Å². The Bertz CT molecular complexity index is 227. The molecule has 2 saturated carbocycles. The van der Waals surface area contributed by atoms with Gasteiger partial charge in [0.25, 0.3) is 0 Å². The Balaban J connectivity index is 1.86. The van der Waals surface area contributed by atoms with E-state index in [0.717, 1.165) is 24.4 Å². The van der Waals surface area contributed by atoms with Crippen molar-refractivity contribution >= 4 is 0 Å². The summed E-state index contributed by atoms with van der Waals surface area (Å²) in [5, 5.41) is 0. The van der Waals surface area contributed by atoms with Gasteiger partial charge in [-0.2, -0.15) is 0 Å². The second-order valence-corrected chi connectivity index (χ2v) is 6.99. The molecule has 0 bridgehead atoms. The molecule has 2 heteroatoms. The summed E-state index contributed by atoms with van der Waals surface area (Å²) in [4.78, 5) is 2.72. The van der Waals surface area contributed by atoms with Crippen LogP contribution in [0.2, 0.25) is 0 Å². The summed E-state index contributed by atoms with van der Waals surface area (Å²) in [7, 11) is 0. The van der Waals surface area contributed by atoms with Crippen molar-refractivity contribution in [3.63, 3.8) is 0 Å². The lowest BCUT2D eigenvalue weighted by atomic mass is 9.97. The van der Waals surface area contributed by atoms with E-state index >= 15 is 0 Å². The lowest BCUT2D eigenvalue weighted by molar-refractivity contribution is 0.153. The molecule has 1 unspecified atom stereocenters. The minimum absolute atomic E-state index is 0.423. The SMILES string of the molecule is CC(C)CN(CC(N)C1CCCC1)C1CCCC1. The van der Waals surface area contributed by atoms with Crippen LogP contribution in [0.1, 0.15) is 65.2 Å². The predicted octanol–water partition coefficient (Wildman–Crippen LogP) is 3.40. The Morgan fingerprint density at radius 3 is 2.06 bits per heavy atom. The van der Waals surface area contributed by atoms with E-state index in [-0.39, 0.29) is 0 Å². The van der Waals surface area contributed by atoms with E-state index in [1.165, 1.54) is 57.9 Å². The van der Waals surface area contributed by atoms with Crippen molar-refractivity contribution in [1.29, 1.82) is 0 Å².